The van der Waals surface area contributed by atoms with E-state index in [0.29, 0.717) is 0 Å². The van der Waals surface area contributed by atoms with Crippen LogP contribution in [0.15, 0.2) is 48.1 Å². The summed E-state index contributed by atoms with van der Waals surface area (Å²) in [5, 5.41) is 8.45. The molecule has 0 unspecified atom stereocenters. The van der Waals surface area contributed by atoms with Crippen molar-refractivity contribution in [3.8, 4) is 0 Å². The molecule has 0 saturated heterocycles. The summed E-state index contributed by atoms with van der Waals surface area (Å²) in [4.78, 5) is 21.3. The smallest absolute Gasteiger partial charge is 0.376 e. The first-order chi connectivity index (χ1) is 7.61. The van der Waals surface area contributed by atoms with E-state index in [9.17, 15) is 9.59 Å². The largest absolute Gasteiger partial charge is 0.475 e. The molecule has 0 aliphatic rings. The Bertz CT molecular complexity index is 442. The molecule has 1 aromatic carbocycles. The van der Waals surface area contributed by atoms with Crippen molar-refractivity contribution in [2.45, 2.75) is 6.92 Å². The van der Waals surface area contributed by atoms with Gasteiger partial charge in [-0.25, -0.2) is 4.79 Å². The van der Waals surface area contributed by atoms with Crippen LogP contribution in [0.1, 0.15) is 12.5 Å². The van der Waals surface area contributed by atoms with Crippen LogP contribution in [-0.4, -0.2) is 16.9 Å². The van der Waals surface area contributed by atoms with Gasteiger partial charge in [0.2, 0.25) is 0 Å². The van der Waals surface area contributed by atoms with Gasteiger partial charge >= 0.3 is 5.97 Å². The van der Waals surface area contributed by atoms with Gasteiger partial charge in [-0.1, -0.05) is 48.6 Å². The molecule has 0 heterocycles. The van der Waals surface area contributed by atoms with Crippen molar-refractivity contribution >= 4 is 17.8 Å². The van der Waals surface area contributed by atoms with Gasteiger partial charge < -0.3 is 5.11 Å². The van der Waals surface area contributed by atoms with Gasteiger partial charge in [-0.2, -0.15) is 0 Å². The van der Waals surface area contributed by atoms with E-state index in [-0.39, 0.29) is 5.57 Å². The number of carbonyl (C=O) groups is 2. The zero-order chi connectivity index (χ0) is 12.0. The molecule has 3 heteroatoms. The number of carbonyl (C=O) groups excluding carboxylic acids is 1. The molecule has 0 atom stereocenters. The van der Waals surface area contributed by atoms with Gasteiger partial charge in [0, 0.05) is 5.57 Å². The summed E-state index contributed by atoms with van der Waals surface area (Å²) in [7, 11) is 0. The van der Waals surface area contributed by atoms with Gasteiger partial charge in [0.05, 0.1) is 0 Å². The normalized spacial score (nSPS) is 11.7. The Hall–Kier alpha value is -2.16. The molecule has 0 aliphatic heterocycles. The first-order valence-corrected chi connectivity index (χ1v) is 4.79. The van der Waals surface area contributed by atoms with Crippen LogP contribution in [0.5, 0.6) is 0 Å². The Balaban J connectivity index is 2.70. The topological polar surface area (TPSA) is 54.4 Å². The van der Waals surface area contributed by atoms with Crippen LogP contribution in [0, 0.1) is 0 Å². The predicted octanol–water partition coefficient (Wildman–Crippen LogP) is 2.30. The minimum absolute atomic E-state index is 0.208. The monoisotopic (exact) mass is 216 g/mol. The zero-order valence-corrected chi connectivity index (χ0v) is 8.88. The van der Waals surface area contributed by atoms with E-state index in [4.69, 9.17) is 5.11 Å². The number of allylic oxidation sites excluding steroid dienone is 2. The molecule has 0 aromatic heterocycles. The highest BCUT2D eigenvalue weighted by atomic mass is 16.4. The molecule has 3 nitrogen and oxygen atoms in total. The fraction of sp³-hybridized carbons (Fsp3) is 0.0769. The van der Waals surface area contributed by atoms with Crippen LogP contribution in [0.3, 0.4) is 0 Å². The average Bonchev–Trinajstić information content (AvgIpc) is 2.29. The van der Waals surface area contributed by atoms with Crippen molar-refractivity contribution in [3.05, 3.63) is 53.6 Å². The second kappa shape index (κ2) is 5.66. The summed E-state index contributed by atoms with van der Waals surface area (Å²) < 4.78 is 0. The molecule has 16 heavy (non-hydrogen) atoms. The minimum Gasteiger partial charge on any atom is -0.475 e. The lowest BCUT2D eigenvalue weighted by Gasteiger charge is -1.92. The number of carboxylic acid groups (broad SMARTS) is 1. The number of hydrogen-bond donors (Lipinski definition) is 1. The number of carboxylic acids is 1. The van der Waals surface area contributed by atoms with Crippen molar-refractivity contribution in [1.82, 2.24) is 0 Å². The van der Waals surface area contributed by atoms with Crippen LogP contribution < -0.4 is 0 Å². The van der Waals surface area contributed by atoms with Crippen LogP contribution in [0.2, 0.25) is 0 Å². The van der Waals surface area contributed by atoms with Crippen molar-refractivity contribution in [3.63, 3.8) is 0 Å². The molecule has 1 aromatic rings. The van der Waals surface area contributed by atoms with Gasteiger partial charge in [0.1, 0.15) is 0 Å². The number of benzene rings is 1. The van der Waals surface area contributed by atoms with Gasteiger partial charge in [0.15, 0.2) is 0 Å². The number of aliphatic carboxylic acids is 1. The predicted molar refractivity (Wildman–Crippen MR) is 61.9 cm³/mol. The SMILES string of the molecule is C/C(=C\C=Cc1ccccc1)C(=O)C(=O)O. The summed E-state index contributed by atoms with van der Waals surface area (Å²) in [6, 6.07) is 9.54. The molecule has 82 valence electrons. The Kier molecular flexibility index (Phi) is 4.21. The second-order valence-corrected chi connectivity index (χ2v) is 3.25. The zero-order valence-electron chi connectivity index (χ0n) is 8.88. The molecule has 1 rings (SSSR count). The van der Waals surface area contributed by atoms with E-state index in [2.05, 4.69) is 0 Å². The average molecular weight is 216 g/mol. The van der Waals surface area contributed by atoms with Crippen molar-refractivity contribution < 1.29 is 14.7 Å². The summed E-state index contributed by atoms with van der Waals surface area (Å²) >= 11 is 0. The summed E-state index contributed by atoms with van der Waals surface area (Å²) in [5.74, 6) is -2.31. The maximum Gasteiger partial charge on any atom is 0.376 e. The van der Waals surface area contributed by atoms with Crippen molar-refractivity contribution in [2.75, 3.05) is 0 Å². The molecule has 0 radical (unpaired) electrons. The molecule has 0 aliphatic carbocycles. The van der Waals surface area contributed by atoms with E-state index in [1.807, 2.05) is 30.3 Å². The van der Waals surface area contributed by atoms with Gasteiger partial charge in [-0.3, -0.25) is 4.79 Å². The highest BCUT2D eigenvalue weighted by Gasteiger charge is 2.11. The standard InChI is InChI=1S/C13H12O3/c1-10(12(14)13(15)16)6-5-9-11-7-3-2-4-8-11/h2-9H,1H3,(H,15,16)/b9-5?,10-6+. The lowest BCUT2D eigenvalue weighted by atomic mass is 10.1. The number of ketones is 1. The Labute approximate surface area is 93.7 Å². The van der Waals surface area contributed by atoms with Crippen molar-refractivity contribution in [1.29, 1.82) is 0 Å². The second-order valence-electron chi connectivity index (χ2n) is 3.25. The first-order valence-electron chi connectivity index (χ1n) is 4.79. The summed E-state index contributed by atoms with van der Waals surface area (Å²) in [6.07, 6.45) is 4.95. The van der Waals surface area contributed by atoms with E-state index in [0.717, 1.165) is 5.56 Å². The fourth-order valence-electron chi connectivity index (χ4n) is 1.11. The minimum atomic E-state index is -1.43. The molecule has 0 bridgehead atoms. The van der Waals surface area contributed by atoms with Gasteiger partial charge in [-0.05, 0) is 12.5 Å². The molecule has 1 N–H and O–H groups in total. The highest BCUT2D eigenvalue weighted by molar-refractivity contribution is 6.39. The van der Waals surface area contributed by atoms with E-state index in [1.165, 1.54) is 13.0 Å². The third kappa shape index (κ3) is 3.53. The van der Waals surface area contributed by atoms with Crippen LogP contribution in [-0.2, 0) is 9.59 Å². The Morgan fingerprint density at radius 1 is 1.19 bits per heavy atom. The molecular weight excluding hydrogens is 204 g/mol. The lowest BCUT2D eigenvalue weighted by Crippen LogP contribution is -2.12. The number of Topliss-reactive ketones (excluding diaryl/α,β-unsaturated/α-hetero) is 1. The summed E-state index contributed by atoms with van der Waals surface area (Å²) in [5.41, 5.74) is 1.20. The van der Waals surface area contributed by atoms with E-state index < -0.39 is 11.8 Å². The molecule has 0 amide bonds. The summed E-state index contributed by atoms with van der Waals surface area (Å²) in [6.45, 7) is 1.48. The molecule has 0 saturated carbocycles. The number of rotatable bonds is 4. The maximum atomic E-state index is 11.0. The lowest BCUT2D eigenvalue weighted by molar-refractivity contribution is -0.147. The third-order valence-corrected chi connectivity index (χ3v) is 1.99. The third-order valence-electron chi connectivity index (χ3n) is 1.99. The highest BCUT2D eigenvalue weighted by Crippen LogP contribution is 2.02. The molecule has 0 fully saturated rings. The van der Waals surface area contributed by atoms with Gasteiger partial charge in [-0.15, -0.1) is 0 Å². The quantitative estimate of drug-likeness (QED) is 0.477. The Morgan fingerprint density at radius 2 is 1.81 bits per heavy atom. The van der Waals surface area contributed by atoms with Crippen LogP contribution in [0.4, 0.5) is 0 Å². The maximum absolute atomic E-state index is 11.0. The van der Waals surface area contributed by atoms with E-state index in [1.54, 1.807) is 12.2 Å². The van der Waals surface area contributed by atoms with Gasteiger partial charge in [0.25, 0.3) is 5.78 Å². The van der Waals surface area contributed by atoms with Crippen LogP contribution in [0.25, 0.3) is 6.08 Å². The van der Waals surface area contributed by atoms with Crippen molar-refractivity contribution in [2.24, 2.45) is 0 Å². The molecular formula is C13H12O3. The van der Waals surface area contributed by atoms with Crippen LogP contribution >= 0.6 is 0 Å². The van der Waals surface area contributed by atoms with E-state index >= 15 is 0 Å². The number of hydrogen-bond acceptors (Lipinski definition) is 2. The molecule has 0 spiro atoms. The first kappa shape index (κ1) is 11.9. The fourth-order valence-corrected chi connectivity index (χ4v) is 1.11. The Morgan fingerprint density at radius 3 is 2.38 bits per heavy atom.